The van der Waals surface area contributed by atoms with E-state index in [4.69, 9.17) is 10.5 Å². The van der Waals surface area contributed by atoms with Gasteiger partial charge in [-0.05, 0) is 13.8 Å². The van der Waals surface area contributed by atoms with E-state index in [9.17, 15) is 0 Å². The average molecular weight is 230 g/mol. The van der Waals surface area contributed by atoms with Gasteiger partial charge in [0.1, 0.15) is 0 Å². The number of nitrogens with zero attached hydrogens (tertiary/aromatic N) is 3. The normalized spacial score (nSPS) is 10.2. The lowest BCUT2D eigenvalue weighted by Gasteiger charge is -2.05. The van der Waals surface area contributed by atoms with Gasteiger partial charge in [0.25, 0.3) is 0 Å². The van der Waals surface area contributed by atoms with Crippen molar-refractivity contribution < 1.29 is 4.74 Å². The van der Waals surface area contributed by atoms with Gasteiger partial charge in [-0.2, -0.15) is 15.0 Å². The molecule has 0 radical (unpaired) electrons. The highest BCUT2D eigenvalue weighted by atomic mass is 16.5. The zero-order valence-corrected chi connectivity index (χ0v) is 9.84. The summed E-state index contributed by atoms with van der Waals surface area (Å²) >= 11 is 0. The third-order valence-corrected chi connectivity index (χ3v) is 2.22. The lowest BCUT2D eigenvalue weighted by molar-refractivity contribution is 0.312. The Morgan fingerprint density at radius 3 is 2.47 bits per heavy atom. The van der Waals surface area contributed by atoms with Crippen LogP contribution in [-0.4, -0.2) is 21.6 Å². The largest absolute Gasteiger partial charge is 0.464 e. The van der Waals surface area contributed by atoms with E-state index >= 15 is 0 Å². The zero-order chi connectivity index (χ0) is 12.3. The fraction of sp³-hybridized carbons (Fsp3) is 0.250. The molecule has 0 aliphatic carbocycles. The Balaban J connectivity index is 2.40. The maximum Gasteiger partial charge on any atom is 0.321 e. The predicted octanol–water partition coefficient (Wildman–Crippen LogP) is 1.83. The van der Waals surface area contributed by atoms with Crippen molar-refractivity contribution in [3.05, 3.63) is 29.8 Å². The molecular formula is C12H14N4O. The van der Waals surface area contributed by atoms with Crippen LogP contribution in [0.3, 0.4) is 0 Å². The number of aryl methyl sites for hydroxylation is 1. The fourth-order valence-electron chi connectivity index (χ4n) is 1.40. The molecule has 2 aromatic rings. The van der Waals surface area contributed by atoms with Gasteiger partial charge in [-0.25, -0.2) is 0 Å². The van der Waals surface area contributed by atoms with Gasteiger partial charge in [-0.15, -0.1) is 0 Å². The van der Waals surface area contributed by atoms with E-state index in [-0.39, 0.29) is 12.0 Å². The number of aromatic nitrogens is 3. The second-order valence-electron chi connectivity index (χ2n) is 3.60. The predicted molar refractivity (Wildman–Crippen MR) is 65.6 cm³/mol. The quantitative estimate of drug-likeness (QED) is 0.870. The van der Waals surface area contributed by atoms with Crippen molar-refractivity contribution in [2.24, 2.45) is 0 Å². The summed E-state index contributed by atoms with van der Waals surface area (Å²) in [6, 6.07) is 8.14. The van der Waals surface area contributed by atoms with Crippen molar-refractivity contribution in [2.45, 2.75) is 13.8 Å². The van der Waals surface area contributed by atoms with Crippen LogP contribution in [0.5, 0.6) is 6.01 Å². The van der Waals surface area contributed by atoms with Gasteiger partial charge in [0, 0.05) is 5.56 Å². The molecule has 0 spiro atoms. The molecule has 2 rings (SSSR count). The second-order valence-corrected chi connectivity index (χ2v) is 3.60. The van der Waals surface area contributed by atoms with E-state index < -0.39 is 0 Å². The maximum absolute atomic E-state index is 5.61. The molecule has 5 nitrogen and oxygen atoms in total. The Morgan fingerprint density at radius 2 is 1.82 bits per heavy atom. The summed E-state index contributed by atoms with van der Waals surface area (Å²) in [4.78, 5) is 12.2. The highest BCUT2D eigenvalue weighted by molar-refractivity contribution is 5.56. The first kappa shape index (κ1) is 11.3. The first-order valence-electron chi connectivity index (χ1n) is 5.40. The topological polar surface area (TPSA) is 73.9 Å². The maximum atomic E-state index is 5.61. The molecule has 0 aliphatic heterocycles. The molecule has 5 heteroatoms. The Hall–Kier alpha value is -2.17. The summed E-state index contributed by atoms with van der Waals surface area (Å²) in [6.07, 6.45) is 0. The first-order valence-corrected chi connectivity index (χ1v) is 5.40. The molecule has 17 heavy (non-hydrogen) atoms. The molecular weight excluding hydrogens is 216 g/mol. The lowest BCUT2D eigenvalue weighted by atomic mass is 10.1. The van der Waals surface area contributed by atoms with Crippen LogP contribution < -0.4 is 10.5 Å². The first-order chi connectivity index (χ1) is 8.19. The van der Waals surface area contributed by atoms with E-state index in [2.05, 4.69) is 15.0 Å². The van der Waals surface area contributed by atoms with Crippen LogP contribution in [0.25, 0.3) is 11.4 Å². The van der Waals surface area contributed by atoms with Crippen molar-refractivity contribution >= 4 is 5.95 Å². The van der Waals surface area contributed by atoms with Gasteiger partial charge in [0.15, 0.2) is 5.82 Å². The highest BCUT2D eigenvalue weighted by Crippen LogP contribution is 2.18. The van der Waals surface area contributed by atoms with Crippen molar-refractivity contribution in [1.82, 2.24) is 15.0 Å². The summed E-state index contributed by atoms with van der Waals surface area (Å²) in [6.45, 7) is 4.39. The molecule has 2 N–H and O–H groups in total. The van der Waals surface area contributed by atoms with Crippen LogP contribution in [0.15, 0.2) is 24.3 Å². The Bertz CT molecular complexity index is 510. The summed E-state index contributed by atoms with van der Waals surface area (Å²) in [5.74, 6) is 0.694. The number of rotatable bonds is 3. The Morgan fingerprint density at radius 1 is 1.12 bits per heavy atom. The second kappa shape index (κ2) is 4.78. The molecule has 0 saturated heterocycles. The number of anilines is 1. The zero-order valence-electron chi connectivity index (χ0n) is 9.84. The van der Waals surface area contributed by atoms with Crippen LogP contribution in [0.2, 0.25) is 0 Å². The van der Waals surface area contributed by atoms with E-state index in [0.717, 1.165) is 5.56 Å². The molecule has 1 aromatic carbocycles. The standard InChI is InChI=1S/C12H14N4O/c1-3-17-12-15-10(14-11(13)16-12)9-6-4-8(2)5-7-9/h4-7H,3H2,1-2H3,(H2,13,14,15,16). The average Bonchev–Trinajstić information content (AvgIpc) is 2.29. The van der Waals surface area contributed by atoms with E-state index in [0.29, 0.717) is 12.4 Å². The minimum atomic E-state index is 0.166. The number of ether oxygens (including phenoxy) is 1. The van der Waals surface area contributed by atoms with Gasteiger partial charge in [0.05, 0.1) is 6.61 Å². The van der Waals surface area contributed by atoms with Crippen molar-refractivity contribution in [3.8, 4) is 17.4 Å². The minimum Gasteiger partial charge on any atom is -0.464 e. The van der Waals surface area contributed by atoms with Crippen molar-refractivity contribution in [1.29, 1.82) is 0 Å². The summed E-state index contributed by atoms with van der Waals surface area (Å²) in [5, 5.41) is 0. The molecule has 1 aromatic heterocycles. The minimum absolute atomic E-state index is 0.166. The molecule has 0 amide bonds. The molecule has 0 saturated carbocycles. The highest BCUT2D eigenvalue weighted by Gasteiger charge is 2.06. The van der Waals surface area contributed by atoms with E-state index in [1.165, 1.54) is 5.56 Å². The lowest BCUT2D eigenvalue weighted by Crippen LogP contribution is -2.04. The number of hydrogen-bond acceptors (Lipinski definition) is 5. The molecule has 0 unspecified atom stereocenters. The third kappa shape index (κ3) is 2.69. The molecule has 0 atom stereocenters. The monoisotopic (exact) mass is 230 g/mol. The third-order valence-electron chi connectivity index (χ3n) is 2.22. The van der Waals surface area contributed by atoms with Crippen LogP contribution in [0.1, 0.15) is 12.5 Å². The molecule has 0 aliphatic rings. The number of benzene rings is 1. The van der Waals surface area contributed by atoms with Crippen molar-refractivity contribution in [2.75, 3.05) is 12.3 Å². The Labute approximate surface area is 99.7 Å². The molecule has 0 bridgehead atoms. The van der Waals surface area contributed by atoms with Crippen LogP contribution in [-0.2, 0) is 0 Å². The fourth-order valence-corrected chi connectivity index (χ4v) is 1.40. The number of hydrogen-bond donors (Lipinski definition) is 1. The molecule has 1 heterocycles. The van der Waals surface area contributed by atoms with Gasteiger partial charge in [-0.3, -0.25) is 0 Å². The van der Waals surface area contributed by atoms with Crippen molar-refractivity contribution in [3.63, 3.8) is 0 Å². The number of nitrogens with two attached hydrogens (primary N) is 1. The van der Waals surface area contributed by atoms with E-state index in [1.54, 1.807) is 0 Å². The van der Waals surface area contributed by atoms with Gasteiger partial charge in [0.2, 0.25) is 5.95 Å². The van der Waals surface area contributed by atoms with Gasteiger partial charge < -0.3 is 10.5 Å². The molecule has 0 fully saturated rings. The summed E-state index contributed by atoms with van der Waals surface area (Å²) in [7, 11) is 0. The summed E-state index contributed by atoms with van der Waals surface area (Å²) < 4.78 is 5.23. The molecule has 88 valence electrons. The smallest absolute Gasteiger partial charge is 0.321 e. The Kier molecular flexibility index (Phi) is 3.18. The van der Waals surface area contributed by atoms with Crippen LogP contribution in [0, 0.1) is 6.92 Å². The van der Waals surface area contributed by atoms with Crippen LogP contribution >= 0.6 is 0 Å². The summed E-state index contributed by atoms with van der Waals surface area (Å²) in [5.41, 5.74) is 7.69. The van der Waals surface area contributed by atoms with Gasteiger partial charge in [-0.1, -0.05) is 29.8 Å². The number of nitrogen functional groups attached to an aromatic ring is 1. The van der Waals surface area contributed by atoms with Crippen LogP contribution in [0.4, 0.5) is 5.95 Å². The van der Waals surface area contributed by atoms with Gasteiger partial charge >= 0.3 is 6.01 Å². The SMILES string of the molecule is CCOc1nc(N)nc(-c2ccc(C)cc2)n1. The van der Waals surface area contributed by atoms with E-state index in [1.807, 2.05) is 38.1 Å².